The Morgan fingerprint density at radius 1 is 1.11 bits per heavy atom. The highest BCUT2D eigenvalue weighted by Crippen LogP contribution is 2.23. The van der Waals surface area contributed by atoms with Crippen LogP contribution in [-0.4, -0.2) is 7.05 Å². The zero-order valence-electron chi connectivity index (χ0n) is 11.6. The van der Waals surface area contributed by atoms with E-state index in [1.54, 1.807) is 6.26 Å². The van der Waals surface area contributed by atoms with Crippen LogP contribution in [0.2, 0.25) is 0 Å². The van der Waals surface area contributed by atoms with Crippen LogP contribution in [0.3, 0.4) is 0 Å². The summed E-state index contributed by atoms with van der Waals surface area (Å²) in [7, 11) is 2.00. The summed E-state index contributed by atoms with van der Waals surface area (Å²) in [5.74, 6) is 0.999. The molecular weight excluding hydrogens is 222 g/mol. The van der Waals surface area contributed by atoms with Crippen LogP contribution < -0.4 is 5.32 Å². The van der Waals surface area contributed by atoms with E-state index in [0.717, 1.165) is 12.2 Å². The van der Waals surface area contributed by atoms with E-state index in [4.69, 9.17) is 4.42 Å². The van der Waals surface area contributed by atoms with Gasteiger partial charge in [0, 0.05) is 11.6 Å². The van der Waals surface area contributed by atoms with Crippen molar-refractivity contribution in [3.05, 3.63) is 58.5 Å². The number of benzene rings is 1. The Kier molecular flexibility index (Phi) is 3.87. The quantitative estimate of drug-likeness (QED) is 0.885. The average Bonchev–Trinajstić information content (AvgIpc) is 2.71. The van der Waals surface area contributed by atoms with Gasteiger partial charge in [-0.1, -0.05) is 29.3 Å². The Labute approximate surface area is 109 Å². The van der Waals surface area contributed by atoms with Crippen molar-refractivity contribution in [2.45, 2.75) is 33.2 Å². The van der Waals surface area contributed by atoms with Gasteiger partial charge in [-0.25, -0.2) is 0 Å². The molecule has 0 saturated carbocycles. The van der Waals surface area contributed by atoms with E-state index < -0.39 is 0 Å². The molecule has 0 amide bonds. The van der Waals surface area contributed by atoms with Crippen LogP contribution in [0.25, 0.3) is 0 Å². The Morgan fingerprint density at radius 2 is 1.78 bits per heavy atom. The highest BCUT2D eigenvalue weighted by Gasteiger charge is 2.14. The van der Waals surface area contributed by atoms with Crippen LogP contribution in [0.1, 0.15) is 34.1 Å². The molecule has 2 rings (SSSR count). The lowest BCUT2D eigenvalue weighted by Gasteiger charge is -2.16. The van der Waals surface area contributed by atoms with Crippen molar-refractivity contribution >= 4 is 0 Å². The Bertz CT molecular complexity index is 507. The largest absolute Gasteiger partial charge is 0.469 e. The van der Waals surface area contributed by atoms with E-state index in [2.05, 4.69) is 43.4 Å². The normalized spacial score (nSPS) is 12.7. The molecule has 1 unspecified atom stereocenters. The zero-order chi connectivity index (χ0) is 13.1. The lowest BCUT2D eigenvalue weighted by atomic mass is 9.97. The molecule has 0 spiro atoms. The minimum Gasteiger partial charge on any atom is -0.469 e. The molecule has 0 bridgehead atoms. The Balaban J connectivity index is 2.23. The molecule has 1 aromatic carbocycles. The van der Waals surface area contributed by atoms with Crippen LogP contribution in [0.15, 0.2) is 34.9 Å². The monoisotopic (exact) mass is 243 g/mol. The van der Waals surface area contributed by atoms with Gasteiger partial charge in [0.15, 0.2) is 0 Å². The minimum absolute atomic E-state index is 0.310. The van der Waals surface area contributed by atoms with Crippen molar-refractivity contribution in [3.8, 4) is 0 Å². The molecule has 0 fully saturated rings. The first kappa shape index (κ1) is 12.9. The molecule has 1 heterocycles. The second-order valence-corrected chi connectivity index (χ2v) is 4.97. The van der Waals surface area contributed by atoms with Gasteiger partial charge in [0.05, 0.1) is 6.26 Å². The van der Waals surface area contributed by atoms with E-state index >= 15 is 0 Å². The lowest BCUT2D eigenvalue weighted by Crippen LogP contribution is -2.19. The van der Waals surface area contributed by atoms with Crippen molar-refractivity contribution in [1.82, 2.24) is 5.32 Å². The molecule has 2 aromatic rings. The van der Waals surface area contributed by atoms with E-state index in [1.807, 2.05) is 14.0 Å². The molecule has 0 radical (unpaired) electrons. The van der Waals surface area contributed by atoms with Crippen molar-refractivity contribution in [2.24, 2.45) is 0 Å². The summed E-state index contributed by atoms with van der Waals surface area (Å²) in [6.07, 6.45) is 2.75. The summed E-state index contributed by atoms with van der Waals surface area (Å²) in [6, 6.07) is 9.09. The third-order valence-corrected chi connectivity index (χ3v) is 3.34. The number of nitrogens with one attached hydrogen (secondary N) is 1. The van der Waals surface area contributed by atoms with Gasteiger partial charge in [0.2, 0.25) is 0 Å². The molecule has 1 aromatic heterocycles. The van der Waals surface area contributed by atoms with E-state index in [0.29, 0.717) is 6.04 Å². The highest BCUT2D eigenvalue weighted by atomic mass is 16.3. The second-order valence-electron chi connectivity index (χ2n) is 4.97. The third kappa shape index (κ3) is 2.82. The van der Waals surface area contributed by atoms with Gasteiger partial charge < -0.3 is 9.73 Å². The summed E-state index contributed by atoms with van der Waals surface area (Å²) in [4.78, 5) is 0. The summed E-state index contributed by atoms with van der Waals surface area (Å²) >= 11 is 0. The standard InChI is InChI=1S/C16H21NO/c1-11-7-12(2)9-14(8-11)10-16(17-4)15-5-6-18-13(15)3/h5-9,16-17H,10H2,1-4H3. The minimum atomic E-state index is 0.310. The molecule has 0 aliphatic heterocycles. The van der Waals surface area contributed by atoms with Crippen LogP contribution in [-0.2, 0) is 6.42 Å². The Morgan fingerprint density at radius 3 is 2.28 bits per heavy atom. The van der Waals surface area contributed by atoms with Gasteiger partial charge in [-0.3, -0.25) is 0 Å². The number of aryl methyl sites for hydroxylation is 3. The molecule has 0 aliphatic rings. The maximum Gasteiger partial charge on any atom is 0.105 e. The van der Waals surface area contributed by atoms with Gasteiger partial charge >= 0.3 is 0 Å². The maximum absolute atomic E-state index is 5.39. The average molecular weight is 243 g/mol. The molecule has 1 atom stereocenters. The zero-order valence-corrected chi connectivity index (χ0v) is 11.6. The van der Waals surface area contributed by atoms with Crippen molar-refractivity contribution in [3.63, 3.8) is 0 Å². The van der Waals surface area contributed by atoms with Gasteiger partial charge in [0.1, 0.15) is 5.76 Å². The van der Waals surface area contributed by atoms with Gasteiger partial charge in [0.25, 0.3) is 0 Å². The summed E-state index contributed by atoms with van der Waals surface area (Å²) in [5, 5.41) is 3.37. The van der Waals surface area contributed by atoms with Crippen LogP contribution in [0, 0.1) is 20.8 Å². The molecule has 1 N–H and O–H groups in total. The topological polar surface area (TPSA) is 25.2 Å². The summed E-state index contributed by atoms with van der Waals surface area (Å²) in [6.45, 7) is 6.31. The fourth-order valence-corrected chi connectivity index (χ4v) is 2.55. The van der Waals surface area contributed by atoms with Gasteiger partial charge in [-0.2, -0.15) is 0 Å². The first-order valence-electron chi connectivity index (χ1n) is 6.38. The fraction of sp³-hybridized carbons (Fsp3) is 0.375. The van der Waals surface area contributed by atoms with E-state index in [9.17, 15) is 0 Å². The molecule has 96 valence electrons. The summed E-state index contributed by atoms with van der Waals surface area (Å²) in [5.41, 5.74) is 5.26. The smallest absolute Gasteiger partial charge is 0.105 e. The molecule has 2 nitrogen and oxygen atoms in total. The maximum atomic E-state index is 5.39. The first-order chi connectivity index (χ1) is 8.60. The van der Waals surface area contributed by atoms with Crippen molar-refractivity contribution in [2.75, 3.05) is 7.05 Å². The predicted molar refractivity (Wildman–Crippen MR) is 74.9 cm³/mol. The number of hydrogen-bond acceptors (Lipinski definition) is 2. The number of hydrogen-bond donors (Lipinski definition) is 1. The van der Waals surface area contributed by atoms with Crippen LogP contribution >= 0.6 is 0 Å². The molecule has 0 aliphatic carbocycles. The van der Waals surface area contributed by atoms with Gasteiger partial charge in [-0.15, -0.1) is 0 Å². The molecule has 18 heavy (non-hydrogen) atoms. The third-order valence-electron chi connectivity index (χ3n) is 3.34. The first-order valence-corrected chi connectivity index (χ1v) is 6.38. The predicted octanol–water partition coefficient (Wildman–Crippen LogP) is 3.71. The van der Waals surface area contributed by atoms with Crippen LogP contribution in [0.4, 0.5) is 0 Å². The van der Waals surface area contributed by atoms with E-state index in [1.165, 1.54) is 22.3 Å². The number of likely N-dealkylation sites (N-methyl/N-ethyl adjacent to an activating group) is 1. The van der Waals surface area contributed by atoms with Gasteiger partial charge in [-0.05, 0) is 45.9 Å². The molecule has 2 heteroatoms. The molecule has 0 saturated heterocycles. The van der Waals surface area contributed by atoms with Crippen molar-refractivity contribution in [1.29, 1.82) is 0 Å². The number of furan rings is 1. The highest BCUT2D eigenvalue weighted by molar-refractivity contribution is 5.31. The van der Waals surface area contributed by atoms with Crippen LogP contribution in [0.5, 0.6) is 0 Å². The van der Waals surface area contributed by atoms with Crippen molar-refractivity contribution < 1.29 is 4.42 Å². The lowest BCUT2D eigenvalue weighted by molar-refractivity contribution is 0.512. The fourth-order valence-electron chi connectivity index (χ4n) is 2.55. The Hall–Kier alpha value is -1.54. The van der Waals surface area contributed by atoms with E-state index in [-0.39, 0.29) is 0 Å². The SMILES string of the molecule is CNC(Cc1cc(C)cc(C)c1)c1ccoc1C. The second kappa shape index (κ2) is 5.40. The molecular formula is C16H21NO. The summed E-state index contributed by atoms with van der Waals surface area (Å²) < 4.78 is 5.39. The number of rotatable bonds is 4.